The van der Waals surface area contributed by atoms with E-state index in [2.05, 4.69) is 34.7 Å². The van der Waals surface area contributed by atoms with Crippen molar-refractivity contribution >= 4 is 21.8 Å². The first-order valence-electron chi connectivity index (χ1n) is 6.33. The quantitative estimate of drug-likeness (QED) is 0.597. The first kappa shape index (κ1) is 16.0. The van der Waals surface area contributed by atoms with Gasteiger partial charge in [0.1, 0.15) is 5.75 Å². The molecule has 0 aromatic heterocycles. The van der Waals surface area contributed by atoms with Gasteiger partial charge in [-0.15, -0.1) is 0 Å². The molecule has 0 aliphatic heterocycles. The highest BCUT2D eigenvalue weighted by Gasteiger charge is 2.13. The highest BCUT2D eigenvalue weighted by Crippen LogP contribution is 2.24. The molecule has 4 nitrogen and oxygen atoms in total. The molecule has 1 aromatic rings. The molecule has 106 valence electrons. The average molecular weight is 328 g/mol. The standard InChI is InChI=1S/C14H22BrN3O/c1-10(2)18(7-6-14(16)17)9-11-8-12(19-3)4-5-13(11)15/h4-5,8,10H,6-7,9H2,1-3H3,(H3,16,17). The second kappa shape index (κ2) is 7.50. The molecule has 19 heavy (non-hydrogen) atoms. The monoisotopic (exact) mass is 327 g/mol. The van der Waals surface area contributed by atoms with Gasteiger partial charge in [0.05, 0.1) is 12.9 Å². The van der Waals surface area contributed by atoms with Crippen LogP contribution in [0.25, 0.3) is 0 Å². The zero-order valence-corrected chi connectivity index (χ0v) is 13.3. The number of nitrogens with one attached hydrogen (secondary N) is 1. The third-order valence-corrected chi connectivity index (χ3v) is 3.80. The molecule has 0 aliphatic carbocycles. The van der Waals surface area contributed by atoms with Crippen molar-refractivity contribution in [1.82, 2.24) is 4.90 Å². The van der Waals surface area contributed by atoms with Crippen LogP contribution < -0.4 is 10.5 Å². The van der Waals surface area contributed by atoms with Gasteiger partial charge in [0.25, 0.3) is 0 Å². The van der Waals surface area contributed by atoms with Crippen LogP contribution >= 0.6 is 15.9 Å². The van der Waals surface area contributed by atoms with Crippen molar-refractivity contribution in [3.63, 3.8) is 0 Å². The Balaban J connectivity index is 2.80. The Hall–Kier alpha value is -1.07. The summed E-state index contributed by atoms with van der Waals surface area (Å²) in [5.74, 6) is 1.09. The molecule has 0 amide bonds. The van der Waals surface area contributed by atoms with Crippen LogP contribution in [0.4, 0.5) is 0 Å². The molecule has 1 aromatic carbocycles. The van der Waals surface area contributed by atoms with Crippen LogP contribution in [0.3, 0.4) is 0 Å². The van der Waals surface area contributed by atoms with E-state index in [0.29, 0.717) is 12.5 Å². The molecule has 0 fully saturated rings. The Labute approximate surface area is 123 Å². The number of halogens is 1. The van der Waals surface area contributed by atoms with Crippen LogP contribution in [0.15, 0.2) is 22.7 Å². The van der Waals surface area contributed by atoms with Gasteiger partial charge >= 0.3 is 0 Å². The number of nitrogens with two attached hydrogens (primary N) is 1. The fraction of sp³-hybridized carbons (Fsp3) is 0.500. The summed E-state index contributed by atoms with van der Waals surface area (Å²) in [6.07, 6.45) is 0.597. The van der Waals surface area contributed by atoms with E-state index in [0.717, 1.165) is 23.3 Å². The van der Waals surface area contributed by atoms with Gasteiger partial charge in [-0.2, -0.15) is 0 Å². The Bertz CT molecular complexity index is 435. The Morgan fingerprint density at radius 2 is 2.16 bits per heavy atom. The Morgan fingerprint density at radius 1 is 1.47 bits per heavy atom. The molecule has 0 atom stereocenters. The lowest BCUT2D eigenvalue weighted by Gasteiger charge is -2.27. The maximum absolute atomic E-state index is 7.34. The minimum absolute atomic E-state index is 0.232. The molecule has 0 saturated heterocycles. The Kier molecular flexibility index (Phi) is 6.31. The summed E-state index contributed by atoms with van der Waals surface area (Å²) < 4.78 is 6.33. The van der Waals surface area contributed by atoms with Crippen molar-refractivity contribution in [2.45, 2.75) is 32.9 Å². The van der Waals surface area contributed by atoms with Crippen molar-refractivity contribution in [3.8, 4) is 5.75 Å². The van der Waals surface area contributed by atoms with E-state index in [1.54, 1.807) is 7.11 Å². The van der Waals surface area contributed by atoms with Crippen LogP contribution in [0.2, 0.25) is 0 Å². The second-order valence-corrected chi connectivity index (χ2v) is 5.65. The molecule has 3 N–H and O–H groups in total. The normalized spacial score (nSPS) is 11.1. The second-order valence-electron chi connectivity index (χ2n) is 4.80. The molecule has 0 bridgehead atoms. The summed E-state index contributed by atoms with van der Waals surface area (Å²) in [7, 11) is 1.67. The predicted octanol–water partition coefficient (Wildman–Crippen LogP) is 2.99. The average Bonchev–Trinajstić information content (AvgIpc) is 2.35. The van der Waals surface area contributed by atoms with Crippen LogP contribution in [0, 0.1) is 5.41 Å². The number of methoxy groups -OCH3 is 1. The molecular weight excluding hydrogens is 306 g/mol. The van der Waals surface area contributed by atoms with Gasteiger partial charge in [0.2, 0.25) is 0 Å². The lowest BCUT2D eigenvalue weighted by atomic mass is 10.1. The lowest BCUT2D eigenvalue weighted by Crippen LogP contribution is -2.33. The smallest absolute Gasteiger partial charge is 0.119 e. The highest BCUT2D eigenvalue weighted by molar-refractivity contribution is 9.10. The summed E-state index contributed by atoms with van der Waals surface area (Å²) in [6.45, 7) is 5.89. The first-order chi connectivity index (χ1) is 8.93. The zero-order valence-electron chi connectivity index (χ0n) is 11.7. The van der Waals surface area contributed by atoms with E-state index >= 15 is 0 Å². The van der Waals surface area contributed by atoms with Gasteiger partial charge in [-0.3, -0.25) is 10.3 Å². The van der Waals surface area contributed by atoms with Crippen molar-refractivity contribution in [1.29, 1.82) is 5.41 Å². The maximum Gasteiger partial charge on any atom is 0.119 e. The number of ether oxygens (including phenoxy) is 1. The molecule has 0 radical (unpaired) electrons. The van der Waals surface area contributed by atoms with Gasteiger partial charge in [-0.05, 0) is 37.6 Å². The van der Waals surface area contributed by atoms with E-state index in [-0.39, 0.29) is 5.84 Å². The van der Waals surface area contributed by atoms with Gasteiger partial charge in [-0.1, -0.05) is 15.9 Å². The molecular formula is C14H22BrN3O. The van der Waals surface area contributed by atoms with Crippen LogP contribution in [0.5, 0.6) is 5.75 Å². The lowest BCUT2D eigenvalue weighted by molar-refractivity contribution is 0.218. The number of nitrogens with zero attached hydrogens (tertiary/aromatic N) is 1. The molecule has 0 aliphatic rings. The number of benzene rings is 1. The number of hydrogen-bond acceptors (Lipinski definition) is 3. The maximum atomic E-state index is 7.34. The molecule has 1 rings (SSSR count). The minimum Gasteiger partial charge on any atom is -0.497 e. The summed E-state index contributed by atoms with van der Waals surface area (Å²) in [6, 6.07) is 6.37. The third-order valence-electron chi connectivity index (χ3n) is 3.02. The minimum atomic E-state index is 0.232. The van der Waals surface area contributed by atoms with E-state index in [1.807, 2.05) is 18.2 Å². The van der Waals surface area contributed by atoms with Crippen LogP contribution in [-0.4, -0.2) is 30.4 Å². The van der Waals surface area contributed by atoms with Gasteiger partial charge < -0.3 is 10.5 Å². The van der Waals surface area contributed by atoms with Crippen molar-refractivity contribution < 1.29 is 4.74 Å². The number of hydrogen-bond donors (Lipinski definition) is 2. The van der Waals surface area contributed by atoms with E-state index < -0.39 is 0 Å². The SMILES string of the molecule is COc1ccc(Br)c(CN(CCC(=N)N)C(C)C)c1. The van der Waals surface area contributed by atoms with E-state index in [4.69, 9.17) is 15.9 Å². The number of rotatable bonds is 7. The fourth-order valence-electron chi connectivity index (χ4n) is 1.80. The first-order valence-corrected chi connectivity index (χ1v) is 7.12. The van der Waals surface area contributed by atoms with Crippen molar-refractivity contribution in [2.24, 2.45) is 5.73 Å². The van der Waals surface area contributed by atoms with Crippen LogP contribution in [0.1, 0.15) is 25.8 Å². The largest absolute Gasteiger partial charge is 0.497 e. The van der Waals surface area contributed by atoms with E-state index in [1.165, 1.54) is 5.56 Å². The summed E-state index contributed by atoms with van der Waals surface area (Å²) in [5, 5.41) is 7.34. The molecule has 0 unspecified atom stereocenters. The summed E-state index contributed by atoms with van der Waals surface area (Å²) in [5.41, 5.74) is 6.61. The zero-order chi connectivity index (χ0) is 14.4. The molecule has 0 saturated carbocycles. The number of amidine groups is 1. The highest BCUT2D eigenvalue weighted by atomic mass is 79.9. The molecule has 0 heterocycles. The Morgan fingerprint density at radius 3 is 2.68 bits per heavy atom. The van der Waals surface area contributed by atoms with Crippen LogP contribution in [-0.2, 0) is 6.54 Å². The molecule has 5 heteroatoms. The van der Waals surface area contributed by atoms with Gasteiger partial charge in [-0.25, -0.2) is 0 Å². The fourth-order valence-corrected chi connectivity index (χ4v) is 2.17. The third kappa shape index (κ3) is 5.20. The summed E-state index contributed by atoms with van der Waals surface area (Å²) >= 11 is 3.57. The summed E-state index contributed by atoms with van der Waals surface area (Å²) in [4.78, 5) is 2.29. The predicted molar refractivity (Wildman–Crippen MR) is 82.8 cm³/mol. The van der Waals surface area contributed by atoms with E-state index in [9.17, 15) is 0 Å². The van der Waals surface area contributed by atoms with Crippen molar-refractivity contribution in [2.75, 3.05) is 13.7 Å². The topological polar surface area (TPSA) is 62.3 Å². The molecule has 0 spiro atoms. The van der Waals surface area contributed by atoms with Crippen molar-refractivity contribution in [3.05, 3.63) is 28.2 Å². The van der Waals surface area contributed by atoms with Gasteiger partial charge in [0, 0.05) is 30.0 Å². The van der Waals surface area contributed by atoms with Gasteiger partial charge in [0.15, 0.2) is 0 Å².